The third-order valence-corrected chi connectivity index (χ3v) is 4.15. The summed E-state index contributed by atoms with van der Waals surface area (Å²) in [6, 6.07) is 7.87. The van der Waals surface area contributed by atoms with Crippen molar-refractivity contribution >= 4 is 5.91 Å². The quantitative estimate of drug-likeness (QED) is 0.433. The second-order valence-corrected chi connectivity index (χ2v) is 6.02. The van der Waals surface area contributed by atoms with Crippen molar-refractivity contribution in [1.82, 2.24) is 10.3 Å². The normalized spacial score (nSPS) is 17.8. The van der Waals surface area contributed by atoms with E-state index in [-0.39, 0.29) is 5.91 Å². The lowest BCUT2D eigenvalue weighted by Gasteiger charge is -2.21. The fraction of sp³-hybridized carbons (Fsp3) is 0.562. The average Bonchev–Trinajstić information content (AvgIpc) is 3.39. The standard InChI is InChI=1S/C16H23N3O2/c17-18-16(20)13-3-7-15(8-4-13)21-10-9-19(14-5-6-14)11-12-1-2-12/h3-4,7-8,12,14H,1-2,5-6,9-11,17H2,(H,18,20). The van der Waals surface area contributed by atoms with Crippen LogP contribution in [0, 0.1) is 5.92 Å². The Morgan fingerprint density at radius 3 is 2.52 bits per heavy atom. The Morgan fingerprint density at radius 1 is 1.24 bits per heavy atom. The number of hydrazine groups is 1. The fourth-order valence-corrected chi connectivity index (χ4v) is 2.56. The Kier molecular flexibility index (Phi) is 4.41. The molecule has 1 aromatic carbocycles. The number of hydrogen-bond donors (Lipinski definition) is 2. The number of nitrogens with two attached hydrogens (primary N) is 1. The van der Waals surface area contributed by atoms with Crippen LogP contribution in [0.5, 0.6) is 5.75 Å². The molecule has 0 atom stereocenters. The summed E-state index contributed by atoms with van der Waals surface area (Å²) in [5.74, 6) is 6.54. The van der Waals surface area contributed by atoms with Crippen LogP contribution in [0.4, 0.5) is 0 Å². The monoisotopic (exact) mass is 289 g/mol. The van der Waals surface area contributed by atoms with Crippen molar-refractivity contribution in [3.05, 3.63) is 29.8 Å². The number of nitrogens with one attached hydrogen (secondary N) is 1. The van der Waals surface area contributed by atoms with E-state index in [2.05, 4.69) is 10.3 Å². The molecule has 2 fully saturated rings. The van der Waals surface area contributed by atoms with Crippen LogP contribution in [0.3, 0.4) is 0 Å². The third kappa shape index (κ3) is 4.19. The van der Waals surface area contributed by atoms with E-state index in [0.717, 1.165) is 24.3 Å². The fourth-order valence-electron chi connectivity index (χ4n) is 2.56. The topological polar surface area (TPSA) is 67.6 Å². The van der Waals surface area contributed by atoms with E-state index in [1.165, 1.54) is 32.2 Å². The Labute approximate surface area is 125 Å². The van der Waals surface area contributed by atoms with Gasteiger partial charge in [-0.2, -0.15) is 0 Å². The maximum atomic E-state index is 11.3. The van der Waals surface area contributed by atoms with Crippen molar-refractivity contribution < 1.29 is 9.53 Å². The van der Waals surface area contributed by atoms with Crippen LogP contribution < -0.4 is 16.0 Å². The van der Waals surface area contributed by atoms with Gasteiger partial charge >= 0.3 is 0 Å². The average molecular weight is 289 g/mol. The van der Waals surface area contributed by atoms with Crippen LogP contribution in [0.2, 0.25) is 0 Å². The first-order chi connectivity index (χ1) is 10.3. The maximum absolute atomic E-state index is 11.3. The molecule has 0 aromatic heterocycles. The zero-order chi connectivity index (χ0) is 14.7. The molecule has 0 heterocycles. The van der Waals surface area contributed by atoms with Gasteiger partial charge in [0.25, 0.3) is 5.91 Å². The molecule has 3 N–H and O–H groups in total. The van der Waals surface area contributed by atoms with Crippen LogP contribution in [-0.2, 0) is 0 Å². The van der Waals surface area contributed by atoms with Gasteiger partial charge in [0.2, 0.25) is 0 Å². The number of rotatable bonds is 8. The van der Waals surface area contributed by atoms with Crippen molar-refractivity contribution in [2.24, 2.45) is 11.8 Å². The minimum atomic E-state index is -0.286. The summed E-state index contributed by atoms with van der Waals surface area (Å²) in [7, 11) is 0. The van der Waals surface area contributed by atoms with E-state index in [4.69, 9.17) is 10.6 Å². The smallest absolute Gasteiger partial charge is 0.265 e. The van der Waals surface area contributed by atoms with E-state index in [1.807, 2.05) is 12.1 Å². The van der Waals surface area contributed by atoms with Crippen LogP contribution in [0.15, 0.2) is 24.3 Å². The number of amides is 1. The Balaban J connectivity index is 1.44. The van der Waals surface area contributed by atoms with Gasteiger partial charge in [0.15, 0.2) is 0 Å². The minimum Gasteiger partial charge on any atom is -0.492 e. The van der Waals surface area contributed by atoms with Crippen LogP contribution in [0.1, 0.15) is 36.0 Å². The van der Waals surface area contributed by atoms with Crippen molar-refractivity contribution in [3.8, 4) is 5.75 Å². The SMILES string of the molecule is NNC(=O)c1ccc(OCCN(CC2CC2)C2CC2)cc1. The van der Waals surface area contributed by atoms with Gasteiger partial charge in [0.05, 0.1) is 0 Å². The van der Waals surface area contributed by atoms with Crippen LogP contribution in [0.25, 0.3) is 0 Å². The molecule has 2 aliphatic rings. The first-order valence-corrected chi connectivity index (χ1v) is 7.74. The van der Waals surface area contributed by atoms with Crippen molar-refractivity contribution in [1.29, 1.82) is 0 Å². The molecule has 0 bridgehead atoms. The lowest BCUT2D eigenvalue weighted by atomic mass is 10.2. The molecule has 21 heavy (non-hydrogen) atoms. The molecular formula is C16H23N3O2. The highest BCUT2D eigenvalue weighted by molar-refractivity contribution is 5.93. The number of nitrogens with zero attached hydrogens (tertiary/aromatic N) is 1. The summed E-state index contributed by atoms with van der Waals surface area (Å²) in [6.45, 7) is 2.93. The zero-order valence-corrected chi connectivity index (χ0v) is 12.3. The third-order valence-electron chi connectivity index (χ3n) is 4.15. The van der Waals surface area contributed by atoms with E-state index >= 15 is 0 Å². The van der Waals surface area contributed by atoms with Crippen LogP contribution >= 0.6 is 0 Å². The molecule has 1 aromatic rings. The van der Waals surface area contributed by atoms with Gasteiger partial charge in [0.1, 0.15) is 12.4 Å². The summed E-state index contributed by atoms with van der Waals surface area (Å²) in [5, 5.41) is 0. The summed E-state index contributed by atoms with van der Waals surface area (Å²) in [4.78, 5) is 13.9. The first kappa shape index (κ1) is 14.4. The van der Waals surface area contributed by atoms with Gasteiger partial charge in [-0.1, -0.05) is 0 Å². The molecule has 2 aliphatic carbocycles. The first-order valence-electron chi connectivity index (χ1n) is 7.74. The van der Waals surface area contributed by atoms with E-state index < -0.39 is 0 Å². The number of hydrogen-bond acceptors (Lipinski definition) is 4. The van der Waals surface area contributed by atoms with Gasteiger partial charge in [-0.15, -0.1) is 0 Å². The molecule has 0 unspecified atom stereocenters. The van der Waals surface area contributed by atoms with Crippen molar-refractivity contribution in [2.45, 2.75) is 31.7 Å². The van der Waals surface area contributed by atoms with Crippen molar-refractivity contribution in [2.75, 3.05) is 19.7 Å². The molecule has 0 aliphatic heterocycles. The lowest BCUT2D eigenvalue weighted by molar-refractivity contribution is 0.0953. The molecular weight excluding hydrogens is 266 g/mol. The highest BCUT2D eigenvalue weighted by Crippen LogP contribution is 2.34. The predicted octanol–water partition coefficient (Wildman–Crippen LogP) is 1.54. The summed E-state index contributed by atoms with van der Waals surface area (Å²) < 4.78 is 5.78. The van der Waals surface area contributed by atoms with E-state index in [9.17, 15) is 4.79 Å². The van der Waals surface area contributed by atoms with Gasteiger partial charge in [-0.3, -0.25) is 15.1 Å². The number of carbonyl (C=O) groups is 1. The maximum Gasteiger partial charge on any atom is 0.265 e. The number of benzene rings is 1. The molecule has 2 saturated carbocycles. The Hall–Kier alpha value is -1.59. The molecule has 5 nitrogen and oxygen atoms in total. The second kappa shape index (κ2) is 6.45. The molecule has 0 spiro atoms. The van der Waals surface area contributed by atoms with Gasteiger partial charge < -0.3 is 4.74 Å². The van der Waals surface area contributed by atoms with E-state index in [0.29, 0.717) is 12.2 Å². The highest BCUT2D eigenvalue weighted by Gasteiger charge is 2.33. The lowest BCUT2D eigenvalue weighted by Crippen LogP contribution is -2.32. The molecule has 1 amide bonds. The molecule has 5 heteroatoms. The zero-order valence-electron chi connectivity index (χ0n) is 12.3. The predicted molar refractivity (Wildman–Crippen MR) is 80.9 cm³/mol. The minimum absolute atomic E-state index is 0.286. The van der Waals surface area contributed by atoms with Gasteiger partial charge in [-0.05, 0) is 55.9 Å². The molecule has 114 valence electrons. The highest BCUT2D eigenvalue weighted by atomic mass is 16.5. The van der Waals surface area contributed by atoms with Crippen LogP contribution in [-0.4, -0.2) is 36.5 Å². The summed E-state index contributed by atoms with van der Waals surface area (Å²) in [5.41, 5.74) is 2.66. The van der Waals surface area contributed by atoms with Gasteiger partial charge in [0, 0.05) is 24.7 Å². The van der Waals surface area contributed by atoms with E-state index in [1.54, 1.807) is 12.1 Å². The summed E-state index contributed by atoms with van der Waals surface area (Å²) >= 11 is 0. The van der Waals surface area contributed by atoms with Gasteiger partial charge in [-0.25, -0.2) is 5.84 Å². The van der Waals surface area contributed by atoms with Crippen molar-refractivity contribution in [3.63, 3.8) is 0 Å². The molecule has 0 saturated heterocycles. The molecule has 3 rings (SSSR count). The number of carbonyl (C=O) groups excluding carboxylic acids is 1. The Morgan fingerprint density at radius 2 is 1.95 bits per heavy atom. The Bertz CT molecular complexity index is 481. The second-order valence-electron chi connectivity index (χ2n) is 6.02. The number of ether oxygens (including phenoxy) is 1. The molecule has 0 radical (unpaired) electrons. The number of nitrogen functional groups attached to an aromatic ring is 1. The summed E-state index contributed by atoms with van der Waals surface area (Å²) in [6.07, 6.45) is 5.48. The largest absolute Gasteiger partial charge is 0.492 e.